The van der Waals surface area contributed by atoms with E-state index in [-0.39, 0.29) is 40.2 Å². The third-order valence-electron chi connectivity index (χ3n) is 0.921. The Bertz CT molecular complexity index is 240. The second-order valence-electron chi connectivity index (χ2n) is 1.58. The minimum atomic E-state index is -1.83. The van der Waals surface area contributed by atoms with E-state index in [1.807, 2.05) is 0 Å². The molecule has 70 valence electrons. The minimum Gasteiger partial charge on any atom is -1.00 e. The van der Waals surface area contributed by atoms with E-state index in [4.69, 9.17) is 0 Å². The zero-order valence-electron chi connectivity index (χ0n) is 6.08. The SMILES string of the molecule is Cl.Fc1[c-]cc(F)c(F)c1F.[F-].[Mg+2]. The van der Waals surface area contributed by atoms with Crippen LogP contribution in [-0.4, -0.2) is 23.1 Å². The molecule has 0 atom stereocenters. The number of benzene rings is 1. The molecule has 0 aliphatic rings. The Kier molecular flexibility index (Phi) is 10.5. The molecule has 0 aliphatic carbocycles. The summed E-state index contributed by atoms with van der Waals surface area (Å²) in [6.07, 6.45) is 0. The monoisotopic (exact) mass is 228 g/mol. The first kappa shape index (κ1) is 18.7. The molecule has 0 saturated heterocycles. The zero-order valence-corrected chi connectivity index (χ0v) is 8.31. The Morgan fingerprint density at radius 2 is 1.46 bits per heavy atom. The number of halogens is 6. The fourth-order valence-electron chi connectivity index (χ4n) is 0.455. The summed E-state index contributed by atoms with van der Waals surface area (Å²) in [7, 11) is 0. The van der Waals surface area contributed by atoms with E-state index in [1.54, 1.807) is 6.07 Å². The summed E-state index contributed by atoms with van der Waals surface area (Å²) in [5.41, 5.74) is 0. The predicted molar refractivity (Wildman–Crippen MR) is 38.1 cm³/mol. The molecule has 0 aromatic heterocycles. The first-order valence-corrected chi connectivity index (χ1v) is 2.33. The van der Waals surface area contributed by atoms with Crippen molar-refractivity contribution in [3.8, 4) is 0 Å². The molecule has 1 aromatic rings. The zero-order chi connectivity index (χ0) is 7.72. The van der Waals surface area contributed by atoms with Gasteiger partial charge in [-0.05, 0) is 0 Å². The molecule has 0 nitrogen and oxygen atoms in total. The molecule has 0 heterocycles. The van der Waals surface area contributed by atoms with E-state index in [9.17, 15) is 17.6 Å². The largest absolute Gasteiger partial charge is 2.00 e. The summed E-state index contributed by atoms with van der Waals surface area (Å²) in [4.78, 5) is 0. The van der Waals surface area contributed by atoms with Gasteiger partial charge in [-0.25, -0.2) is 8.78 Å². The Balaban J connectivity index is -0.000000333. The third kappa shape index (κ3) is 4.10. The standard InChI is InChI=1S/C6HF4.ClH.FH.Mg/c7-3-1-2-4(8)6(10)5(3)9;;;/h1H;2*1H;/q-1;;;+2/p-1. The first-order chi connectivity index (χ1) is 4.63. The van der Waals surface area contributed by atoms with Crippen molar-refractivity contribution in [3.63, 3.8) is 0 Å². The van der Waals surface area contributed by atoms with E-state index in [0.29, 0.717) is 6.07 Å². The number of rotatable bonds is 0. The van der Waals surface area contributed by atoms with E-state index in [2.05, 4.69) is 0 Å². The van der Waals surface area contributed by atoms with Gasteiger partial charge >= 0.3 is 23.1 Å². The molecule has 0 fully saturated rings. The third-order valence-corrected chi connectivity index (χ3v) is 0.921. The van der Waals surface area contributed by atoms with Gasteiger partial charge < -0.3 is 4.70 Å². The Morgan fingerprint density at radius 1 is 1.00 bits per heavy atom. The molecule has 0 unspecified atom stereocenters. The molecular weight excluding hydrogens is 227 g/mol. The quantitative estimate of drug-likeness (QED) is 0.177. The summed E-state index contributed by atoms with van der Waals surface area (Å²) in [5.74, 6) is -6.60. The molecule has 0 bridgehead atoms. The maximum Gasteiger partial charge on any atom is 2.00 e. The topological polar surface area (TPSA) is 0 Å². The maximum atomic E-state index is 12.0. The van der Waals surface area contributed by atoms with Gasteiger partial charge in [0.05, 0.1) is 11.6 Å². The average molecular weight is 229 g/mol. The van der Waals surface area contributed by atoms with Crippen molar-refractivity contribution in [2.24, 2.45) is 0 Å². The van der Waals surface area contributed by atoms with E-state index < -0.39 is 23.3 Å². The van der Waals surface area contributed by atoms with Gasteiger partial charge in [-0.3, -0.25) is 8.78 Å². The molecule has 0 saturated carbocycles. The minimum absolute atomic E-state index is 0. The van der Waals surface area contributed by atoms with Gasteiger partial charge in [-0.2, -0.15) is 0 Å². The number of hydrogen-bond donors (Lipinski definition) is 0. The molecular formula is C6H2ClF5Mg. The molecule has 13 heavy (non-hydrogen) atoms. The van der Waals surface area contributed by atoms with Crippen LogP contribution in [0.15, 0.2) is 6.07 Å². The average Bonchev–Trinajstić information content (AvgIpc) is 1.93. The van der Waals surface area contributed by atoms with Crippen molar-refractivity contribution in [1.82, 2.24) is 0 Å². The second kappa shape index (κ2) is 7.34. The summed E-state index contributed by atoms with van der Waals surface area (Å²) in [6.45, 7) is 0. The summed E-state index contributed by atoms with van der Waals surface area (Å²) in [5, 5.41) is 0. The maximum absolute atomic E-state index is 12.0. The first-order valence-electron chi connectivity index (χ1n) is 2.33. The number of hydrogen-bond acceptors (Lipinski definition) is 0. The Morgan fingerprint density at radius 3 is 1.85 bits per heavy atom. The fourth-order valence-corrected chi connectivity index (χ4v) is 0.455. The molecule has 7 heteroatoms. The Labute approximate surface area is 93.2 Å². The molecule has 0 spiro atoms. The summed E-state index contributed by atoms with van der Waals surface area (Å²) < 4.78 is 47.8. The summed E-state index contributed by atoms with van der Waals surface area (Å²) >= 11 is 0. The van der Waals surface area contributed by atoms with Gasteiger partial charge in [0.25, 0.3) is 0 Å². The van der Waals surface area contributed by atoms with Gasteiger partial charge in [0, 0.05) is 11.6 Å². The normalized spacial score (nSPS) is 7.69. The van der Waals surface area contributed by atoms with Crippen LogP contribution in [0, 0.1) is 29.3 Å². The van der Waals surface area contributed by atoms with E-state index in [0.717, 1.165) is 0 Å². The van der Waals surface area contributed by atoms with Crippen LogP contribution in [0.4, 0.5) is 17.6 Å². The van der Waals surface area contributed by atoms with Crippen molar-refractivity contribution >= 4 is 35.5 Å². The van der Waals surface area contributed by atoms with Crippen molar-refractivity contribution in [1.29, 1.82) is 0 Å². The van der Waals surface area contributed by atoms with Gasteiger partial charge in [-0.1, -0.05) is 0 Å². The van der Waals surface area contributed by atoms with Crippen LogP contribution in [-0.2, 0) is 0 Å². The second-order valence-corrected chi connectivity index (χ2v) is 1.58. The van der Waals surface area contributed by atoms with Crippen molar-refractivity contribution < 1.29 is 22.3 Å². The molecule has 0 N–H and O–H groups in total. The molecule has 1 aromatic carbocycles. The van der Waals surface area contributed by atoms with E-state index >= 15 is 0 Å². The molecule has 0 amide bonds. The van der Waals surface area contributed by atoms with Crippen molar-refractivity contribution in [2.75, 3.05) is 0 Å². The van der Waals surface area contributed by atoms with Crippen LogP contribution in [0.1, 0.15) is 0 Å². The Hall–Kier alpha value is -0.0738. The van der Waals surface area contributed by atoms with Gasteiger partial charge in [0.15, 0.2) is 0 Å². The van der Waals surface area contributed by atoms with Crippen LogP contribution in [0.5, 0.6) is 0 Å². The summed E-state index contributed by atoms with van der Waals surface area (Å²) in [6, 6.07) is 1.95. The predicted octanol–water partition coefficient (Wildman–Crippen LogP) is -0.912. The van der Waals surface area contributed by atoms with Gasteiger partial charge in [0.2, 0.25) is 0 Å². The molecule has 0 aliphatic heterocycles. The molecule has 0 radical (unpaired) electrons. The van der Waals surface area contributed by atoms with Crippen LogP contribution < -0.4 is 4.70 Å². The van der Waals surface area contributed by atoms with Crippen LogP contribution in [0.3, 0.4) is 0 Å². The van der Waals surface area contributed by atoms with Crippen LogP contribution >= 0.6 is 12.4 Å². The smallest absolute Gasteiger partial charge is 1.00 e. The van der Waals surface area contributed by atoms with E-state index in [1.165, 1.54) is 0 Å². The van der Waals surface area contributed by atoms with Crippen LogP contribution in [0.25, 0.3) is 0 Å². The van der Waals surface area contributed by atoms with Crippen molar-refractivity contribution in [3.05, 3.63) is 35.4 Å². The fraction of sp³-hybridized carbons (Fsp3) is 0. The van der Waals surface area contributed by atoms with Gasteiger partial charge in [-0.15, -0.1) is 24.5 Å². The van der Waals surface area contributed by atoms with Crippen molar-refractivity contribution in [2.45, 2.75) is 0 Å². The van der Waals surface area contributed by atoms with Gasteiger partial charge in [0.1, 0.15) is 0 Å². The molecule has 1 rings (SSSR count). The van der Waals surface area contributed by atoms with Crippen LogP contribution in [0.2, 0.25) is 0 Å².